The van der Waals surface area contributed by atoms with Crippen LogP contribution in [0.1, 0.15) is 24.6 Å². The van der Waals surface area contributed by atoms with Crippen molar-refractivity contribution in [3.63, 3.8) is 0 Å². The molecule has 112 valence electrons. The Bertz CT molecular complexity index is 669. The van der Waals surface area contributed by atoms with Crippen LogP contribution in [0.3, 0.4) is 0 Å². The van der Waals surface area contributed by atoms with Gasteiger partial charge in [0, 0.05) is 22.9 Å². The summed E-state index contributed by atoms with van der Waals surface area (Å²) in [6, 6.07) is 16.6. The molecule has 5 heteroatoms. The zero-order valence-electron chi connectivity index (χ0n) is 11.7. The average Bonchev–Trinajstić information content (AvgIpc) is 2.87. The quantitative estimate of drug-likeness (QED) is 0.782. The Hall–Kier alpha value is -2.14. The van der Waals surface area contributed by atoms with Crippen molar-refractivity contribution in [2.45, 2.75) is 19.1 Å². The second kappa shape index (κ2) is 6.32. The predicted molar refractivity (Wildman–Crippen MR) is 85.0 cm³/mol. The molecule has 2 amide bonds. The Labute approximate surface area is 136 Å². The molecule has 2 aromatic carbocycles. The lowest BCUT2D eigenvalue weighted by atomic mass is 10.2. The SMILES string of the molecule is O=C1CCC(=O)N1[C@H](Oc1ccc(Br)cc1)c1ccccc1. The maximum absolute atomic E-state index is 12.1. The van der Waals surface area contributed by atoms with Crippen molar-refractivity contribution < 1.29 is 14.3 Å². The number of ether oxygens (including phenoxy) is 1. The largest absolute Gasteiger partial charge is 0.466 e. The van der Waals surface area contributed by atoms with Crippen LogP contribution in [0, 0.1) is 0 Å². The molecule has 3 rings (SSSR count). The van der Waals surface area contributed by atoms with Crippen molar-refractivity contribution >= 4 is 27.7 Å². The molecule has 0 unspecified atom stereocenters. The van der Waals surface area contributed by atoms with Crippen LogP contribution in [0.15, 0.2) is 59.1 Å². The molecule has 1 saturated heterocycles. The monoisotopic (exact) mass is 359 g/mol. The smallest absolute Gasteiger partial charge is 0.232 e. The third kappa shape index (κ3) is 3.04. The van der Waals surface area contributed by atoms with Crippen LogP contribution in [-0.2, 0) is 9.59 Å². The molecular weight excluding hydrogens is 346 g/mol. The lowest BCUT2D eigenvalue weighted by molar-refractivity contribution is -0.148. The summed E-state index contributed by atoms with van der Waals surface area (Å²) in [7, 11) is 0. The molecule has 0 saturated carbocycles. The summed E-state index contributed by atoms with van der Waals surface area (Å²) in [5, 5.41) is 0. The normalized spacial score (nSPS) is 16.0. The minimum Gasteiger partial charge on any atom is -0.466 e. The molecule has 0 N–H and O–H groups in total. The fourth-order valence-electron chi connectivity index (χ4n) is 2.38. The topological polar surface area (TPSA) is 46.6 Å². The first-order valence-corrected chi connectivity index (χ1v) is 7.76. The molecule has 1 aliphatic heterocycles. The first-order chi connectivity index (χ1) is 10.6. The molecule has 1 atom stereocenters. The number of rotatable bonds is 4. The lowest BCUT2D eigenvalue weighted by Gasteiger charge is -2.27. The van der Waals surface area contributed by atoms with Gasteiger partial charge in [-0.1, -0.05) is 46.3 Å². The van der Waals surface area contributed by atoms with Crippen molar-refractivity contribution in [3.8, 4) is 5.75 Å². The van der Waals surface area contributed by atoms with Gasteiger partial charge in [0.15, 0.2) is 0 Å². The van der Waals surface area contributed by atoms with Gasteiger partial charge >= 0.3 is 0 Å². The third-order valence-electron chi connectivity index (χ3n) is 3.47. The van der Waals surface area contributed by atoms with Crippen LogP contribution < -0.4 is 4.74 Å². The lowest BCUT2D eigenvalue weighted by Crippen LogP contribution is -2.36. The van der Waals surface area contributed by atoms with E-state index in [1.54, 1.807) is 12.1 Å². The van der Waals surface area contributed by atoms with Gasteiger partial charge in [0.1, 0.15) is 5.75 Å². The molecule has 4 nitrogen and oxygen atoms in total. The van der Waals surface area contributed by atoms with Crippen LogP contribution in [-0.4, -0.2) is 16.7 Å². The Morgan fingerprint density at radius 1 is 0.909 bits per heavy atom. The highest BCUT2D eigenvalue weighted by molar-refractivity contribution is 9.10. The summed E-state index contributed by atoms with van der Waals surface area (Å²) in [5.74, 6) is 0.205. The fraction of sp³-hybridized carbons (Fsp3) is 0.176. The van der Waals surface area contributed by atoms with Gasteiger partial charge in [-0.3, -0.25) is 9.59 Å². The highest BCUT2D eigenvalue weighted by atomic mass is 79.9. The second-order valence-electron chi connectivity index (χ2n) is 4.99. The van der Waals surface area contributed by atoms with Gasteiger partial charge < -0.3 is 4.74 Å². The van der Waals surface area contributed by atoms with Gasteiger partial charge in [0.25, 0.3) is 0 Å². The molecule has 1 fully saturated rings. The van der Waals surface area contributed by atoms with E-state index >= 15 is 0 Å². The maximum atomic E-state index is 12.1. The maximum Gasteiger partial charge on any atom is 0.232 e. The Balaban J connectivity index is 1.94. The van der Waals surface area contributed by atoms with Crippen molar-refractivity contribution in [1.29, 1.82) is 0 Å². The Morgan fingerprint density at radius 2 is 1.50 bits per heavy atom. The first kappa shape index (κ1) is 14.8. The van der Waals surface area contributed by atoms with Gasteiger partial charge in [-0.15, -0.1) is 0 Å². The van der Waals surface area contributed by atoms with Gasteiger partial charge in [-0.05, 0) is 24.3 Å². The van der Waals surface area contributed by atoms with E-state index in [-0.39, 0.29) is 24.7 Å². The van der Waals surface area contributed by atoms with Crippen molar-refractivity contribution in [2.24, 2.45) is 0 Å². The van der Waals surface area contributed by atoms with Crippen molar-refractivity contribution in [3.05, 3.63) is 64.6 Å². The zero-order chi connectivity index (χ0) is 15.5. The van der Waals surface area contributed by atoms with Crippen LogP contribution in [0.4, 0.5) is 0 Å². The molecule has 22 heavy (non-hydrogen) atoms. The highest BCUT2D eigenvalue weighted by Gasteiger charge is 2.37. The Kier molecular flexibility index (Phi) is 4.24. The van der Waals surface area contributed by atoms with E-state index in [1.165, 1.54) is 4.90 Å². The van der Waals surface area contributed by atoms with Gasteiger partial charge in [-0.25, -0.2) is 4.90 Å². The number of likely N-dealkylation sites (tertiary alicyclic amines) is 1. The third-order valence-corrected chi connectivity index (χ3v) is 4.00. The standard InChI is InChI=1S/C17H14BrNO3/c18-13-6-8-14(9-7-13)22-17(12-4-2-1-3-5-12)19-15(20)10-11-16(19)21/h1-9,17H,10-11H2/t17-/m1/s1. The average molecular weight is 360 g/mol. The molecule has 2 aromatic rings. The first-order valence-electron chi connectivity index (χ1n) is 6.97. The van der Waals surface area contributed by atoms with Crippen LogP contribution in [0.5, 0.6) is 5.75 Å². The molecule has 0 aliphatic carbocycles. The van der Waals surface area contributed by atoms with Crippen molar-refractivity contribution in [1.82, 2.24) is 4.90 Å². The zero-order valence-corrected chi connectivity index (χ0v) is 13.3. The molecule has 0 aromatic heterocycles. The van der Waals surface area contributed by atoms with E-state index < -0.39 is 6.23 Å². The molecule has 0 bridgehead atoms. The minimum atomic E-state index is -0.732. The van der Waals surface area contributed by atoms with Crippen molar-refractivity contribution in [2.75, 3.05) is 0 Å². The molecule has 1 heterocycles. The summed E-state index contributed by atoms with van der Waals surface area (Å²) < 4.78 is 6.88. The van der Waals surface area contributed by atoms with E-state index in [2.05, 4.69) is 15.9 Å². The van der Waals surface area contributed by atoms with Crippen LogP contribution >= 0.6 is 15.9 Å². The number of halogens is 1. The van der Waals surface area contributed by atoms with Gasteiger partial charge in [-0.2, -0.15) is 0 Å². The highest BCUT2D eigenvalue weighted by Crippen LogP contribution is 2.30. The fourth-order valence-corrected chi connectivity index (χ4v) is 2.65. The number of amides is 2. The summed E-state index contributed by atoms with van der Waals surface area (Å²) in [6.45, 7) is 0. The Morgan fingerprint density at radius 3 is 2.09 bits per heavy atom. The summed E-state index contributed by atoms with van der Waals surface area (Å²) >= 11 is 3.37. The second-order valence-corrected chi connectivity index (χ2v) is 5.91. The molecule has 0 spiro atoms. The number of benzene rings is 2. The number of hydrogen-bond acceptors (Lipinski definition) is 3. The summed E-state index contributed by atoms with van der Waals surface area (Å²) in [5.41, 5.74) is 0.772. The number of carbonyl (C=O) groups is 2. The number of carbonyl (C=O) groups excluding carboxylic acids is 2. The number of nitrogens with zero attached hydrogens (tertiary/aromatic N) is 1. The van der Waals surface area contributed by atoms with E-state index in [0.717, 1.165) is 10.0 Å². The van der Waals surface area contributed by atoms with E-state index in [9.17, 15) is 9.59 Å². The number of hydrogen-bond donors (Lipinski definition) is 0. The summed E-state index contributed by atoms with van der Waals surface area (Å²) in [4.78, 5) is 25.3. The number of imide groups is 1. The van der Waals surface area contributed by atoms with E-state index in [0.29, 0.717) is 5.75 Å². The molecular formula is C17H14BrNO3. The van der Waals surface area contributed by atoms with Crippen LogP contribution in [0.25, 0.3) is 0 Å². The van der Waals surface area contributed by atoms with E-state index in [1.807, 2.05) is 42.5 Å². The van der Waals surface area contributed by atoms with Gasteiger partial charge in [0.2, 0.25) is 18.0 Å². The molecule has 1 aliphatic rings. The summed E-state index contributed by atoms with van der Waals surface area (Å²) in [6.07, 6.45) is -0.248. The molecule has 0 radical (unpaired) electrons. The predicted octanol–water partition coefficient (Wildman–Crippen LogP) is 3.68. The minimum absolute atomic E-state index is 0.198. The van der Waals surface area contributed by atoms with E-state index in [4.69, 9.17) is 4.74 Å². The van der Waals surface area contributed by atoms with Crippen LogP contribution in [0.2, 0.25) is 0 Å². The van der Waals surface area contributed by atoms with Gasteiger partial charge in [0.05, 0.1) is 0 Å².